The standard InChI is InChI=1S/C21H26N2O4/c1-2-25-19-6-4-3-5-17(19)23-11-9-22(10-12-23)14-18(24)16-7-8-20-21(13-16)27-15-26-20/h3-8,13,18,24H,2,9-12,14-15H2,1H3. The molecule has 1 fully saturated rings. The molecule has 0 saturated carbocycles. The summed E-state index contributed by atoms with van der Waals surface area (Å²) < 4.78 is 16.5. The fourth-order valence-electron chi connectivity index (χ4n) is 3.64. The quantitative estimate of drug-likeness (QED) is 0.844. The summed E-state index contributed by atoms with van der Waals surface area (Å²) in [4.78, 5) is 4.66. The average Bonchev–Trinajstić information content (AvgIpc) is 3.17. The van der Waals surface area contributed by atoms with Gasteiger partial charge in [-0.2, -0.15) is 0 Å². The lowest BCUT2D eigenvalue weighted by Crippen LogP contribution is -2.47. The topological polar surface area (TPSA) is 54.4 Å². The summed E-state index contributed by atoms with van der Waals surface area (Å²) in [7, 11) is 0. The second kappa shape index (κ2) is 8.06. The lowest BCUT2D eigenvalue weighted by atomic mass is 10.1. The molecule has 1 unspecified atom stereocenters. The molecule has 0 aromatic heterocycles. The molecular formula is C21H26N2O4. The summed E-state index contributed by atoms with van der Waals surface area (Å²) in [5.41, 5.74) is 2.01. The van der Waals surface area contributed by atoms with E-state index in [2.05, 4.69) is 15.9 Å². The second-order valence-electron chi connectivity index (χ2n) is 6.82. The number of fused-ring (bicyclic) bond motifs is 1. The molecule has 0 bridgehead atoms. The highest BCUT2D eigenvalue weighted by Gasteiger charge is 2.23. The van der Waals surface area contributed by atoms with Crippen LogP contribution in [0.2, 0.25) is 0 Å². The Hall–Kier alpha value is -2.44. The molecule has 2 aliphatic rings. The number of aliphatic hydroxyl groups excluding tert-OH is 1. The van der Waals surface area contributed by atoms with Crippen LogP contribution in [0.25, 0.3) is 0 Å². The SMILES string of the molecule is CCOc1ccccc1N1CCN(CC(O)c2ccc3c(c2)OCO3)CC1. The Morgan fingerprint density at radius 2 is 1.81 bits per heavy atom. The Morgan fingerprint density at radius 1 is 1.04 bits per heavy atom. The molecular weight excluding hydrogens is 344 g/mol. The number of benzene rings is 2. The summed E-state index contributed by atoms with van der Waals surface area (Å²) in [6, 6.07) is 13.8. The minimum Gasteiger partial charge on any atom is -0.492 e. The predicted molar refractivity (Wildman–Crippen MR) is 104 cm³/mol. The van der Waals surface area contributed by atoms with Crippen molar-refractivity contribution in [3.05, 3.63) is 48.0 Å². The third-order valence-corrected chi connectivity index (χ3v) is 5.09. The van der Waals surface area contributed by atoms with Gasteiger partial charge in [0.05, 0.1) is 18.4 Å². The number of hydrogen-bond donors (Lipinski definition) is 1. The summed E-state index contributed by atoms with van der Waals surface area (Å²) in [6.45, 7) is 7.17. The largest absolute Gasteiger partial charge is 0.492 e. The van der Waals surface area contributed by atoms with Crippen LogP contribution in [0.4, 0.5) is 5.69 Å². The van der Waals surface area contributed by atoms with Crippen molar-refractivity contribution in [2.24, 2.45) is 0 Å². The summed E-state index contributed by atoms with van der Waals surface area (Å²) in [5.74, 6) is 2.39. The number of rotatable bonds is 6. The maximum atomic E-state index is 10.6. The van der Waals surface area contributed by atoms with Gasteiger partial charge in [-0.25, -0.2) is 0 Å². The molecule has 1 saturated heterocycles. The van der Waals surface area contributed by atoms with Crippen molar-refractivity contribution >= 4 is 5.69 Å². The second-order valence-corrected chi connectivity index (χ2v) is 6.82. The third kappa shape index (κ3) is 3.96. The van der Waals surface area contributed by atoms with Crippen LogP contribution >= 0.6 is 0 Å². The lowest BCUT2D eigenvalue weighted by Gasteiger charge is -2.37. The zero-order chi connectivity index (χ0) is 18.6. The van der Waals surface area contributed by atoms with Gasteiger partial charge < -0.3 is 24.2 Å². The van der Waals surface area contributed by atoms with Crippen LogP contribution in [0.5, 0.6) is 17.2 Å². The van der Waals surface area contributed by atoms with Crippen LogP contribution < -0.4 is 19.1 Å². The first-order chi connectivity index (χ1) is 13.2. The smallest absolute Gasteiger partial charge is 0.231 e. The molecule has 0 radical (unpaired) electrons. The van der Waals surface area contributed by atoms with Crippen molar-refractivity contribution in [1.82, 2.24) is 4.90 Å². The Labute approximate surface area is 159 Å². The van der Waals surface area contributed by atoms with Crippen molar-refractivity contribution in [3.63, 3.8) is 0 Å². The van der Waals surface area contributed by atoms with Gasteiger partial charge in [0.2, 0.25) is 6.79 Å². The number of para-hydroxylation sites is 2. The van der Waals surface area contributed by atoms with E-state index in [0.29, 0.717) is 18.9 Å². The van der Waals surface area contributed by atoms with Crippen LogP contribution in [0.3, 0.4) is 0 Å². The summed E-state index contributed by atoms with van der Waals surface area (Å²) in [5, 5.41) is 10.6. The van der Waals surface area contributed by atoms with E-state index in [-0.39, 0.29) is 6.79 Å². The monoisotopic (exact) mass is 370 g/mol. The zero-order valence-corrected chi connectivity index (χ0v) is 15.6. The molecule has 0 amide bonds. The molecule has 0 aliphatic carbocycles. The van der Waals surface area contributed by atoms with Crippen molar-refractivity contribution < 1.29 is 19.3 Å². The Balaban J connectivity index is 1.34. The van der Waals surface area contributed by atoms with Crippen LogP contribution in [0.1, 0.15) is 18.6 Å². The molecule has 0 spiro atoms. The first kappa shape index (κ1) is 17.9. The van der Waals surface area contributed by atoms with Gasteiger partial charge in [-0.05, 0) is 36.8 Å². The van der Waals surface area contributed by atoms with Gasteiger partial charge in [-0.15, -0.1) is 0 Å². The predicted octanol–water partition coefficient (Wildman–Crippen LogP) is 2.67. The van der Waals surface area contributed by atoms with E-state index in [1.54, 1.807) is 0 Å². The number of hydrogen-bond acceptors (Lipinski definition) is 6. The highest BCUT2D eigenvalue weighted by Crippen LogP contribution is 2.34. The van der Waals surface area contributed by atoms with Crippen LogP contribution in [0.15, 0.2) is 42.5 Å². The maximum absolute atomic E-state index is 10.6. The molecule has 27 heavy (non-hydrogen) atoms. The van der Waals surface area contributed by atoms with Crippen LogP contribution in [-0.2, 0) is 0 Å². The number of ether oxygens (including phenoxy) is 3. The minimum absolute atomic E-state index is 0.250. The molecule has 1 N–H and O–H groups in total. The third-order valence-electron chi connectivity index (χ3n) is 5.09. The fraction of sp³-hybridized carbons (Fsp3) is 0.429. The van der Waals surface area contributed by atoms with Crippen molar-refractivity contribution in [2.75, 3.05) is 51.0 Å². The van der Waals surface area contributed by atoms with Crippen molar-refractivity contribution in [1.29, 1.82) is 0 Å². The van der Waals surface area contributed by atoms with E-state index in [9.17, 15) is 5.11 Å². The maximum Gasteiger partial charge on any atom is 0.231 e. The fourth-order valence-corrected chi connectivity index (χ4v) is 3.64. The van der Waals surface area contributed by atoms with E-state index < -0.39 is 6.10 Å². The van der Waals surface area contributed by atoms with Gasteiger partial charge >= 0.3 is 0 Å². The molecule has 4 rings (SSSR count). The molecule has 2 aliphatic heterocycles. The molecule has 2 aromatic rings. The van der Waals surface area contributed by atoms with Crippen LogP contribution in [-0.4, -0.2) is 56.1 Å². The van der Waals surface area contributed by atoms with Gasteiger partial charge in [-0.3, -0.25) is 4.90 Å². The molecule has 2 aromatic carbocycles. The Kier molecular flexibility index (Phi) is 5.36. The molecule has 6 heteroatoms. The Morgan fingerprint density at radius 3 is 2.63 bits per heavy atom. The number of piperazine rings is 1. The van der Waals surface area contributed by atoms with Gasteiger partial charge in [0.15, 0.2) is 11.5 Å². The first-order valence-corrected chi connectivity index (χ1v) is 9.51. The van der Waals surface area contributed by atoms with Gasteiger partial charge in [0.25, 0.3) is 0 Å². The summed E-state index contributed by atoms with van der Waals surface area (Å²) >= 11 is 0. The molecule has 144 valence electrons. The lowest BCUT2D eigenvalue weighted by molar-refractivity contribution is 0.109. The highest BCUT2D eigenvalue weighted by atomic mass is 16.7. The summed E-state index contributed by atoms with van der Waals surface area (Å²) in [6.07, 6.45) is -0.540. The van der Waals surface area contributed by atoms with Crippen molar-refractivity contribution in [3.8, 4) is 17.2 Å². The van der Waals surface area contributed by atoms with Gasteiger partial charge in [-0.1, -0.05) is 18.2 Å². The van der Waals surface area contributed by atoms with Gasteiger partial charge in [0.1, 0.15) is 5.75 Å². The number of aliphatic hydroxyl groups is 1. The van der Waals surface area contributed by atoms with Crippen molar-refractivity contribution in [2.45, 2.75) is 13.0 Å². The van der Waals surface area contributed by atoms with E-state index in [1.165, 1.54) is 0 Å². The number of nitrogens with zero attached hydrogens (tertiary/aromatic N) is 2. The van der Waals surface area contributed by atoms with Crippen LogP contribution in [0, 0.1) is 0 Å². The molecule has 6 nitrogen and oxygen atoms in total. The van der Waals surface area contributed by atoms with E-state index in [4.69, 9.17) is 14.2 Å². The minimum atomic E-state index is -0.540. The van der Waals surface area contributed by atoms with E-state index in [1.807, 2.05) is 43.3 Å². The van der Waals surface area contributed by atoms with E-state index in [0.717, 1.165) is 48.9 Å². The molecule has 1 atom stereocenters. The highest BCUT2D eigenvalue weighted by molar-refractivity contribution is 5.58. The van der Waals surface area contributed by atoms with E-state index >= 15 is 0 Å². The molecule has 2 heterocycles. The van der Waals surface area contributed by atoms with Gasteiger partial charge in [0, 0.05) is 32.7 Å². The average molecular weight is 370 g/mol. The zero-order valence-electron chi connectivity index (χ0n) is 15.6. The number of β-amino-alcohol motifs (C(OH)–C–C–N with tert-alkyl or cyclic N) is 1. The number of anilines is 1. The first-order valence-electron chi connectivity index (χ1n) is 9.51. The Bertz CT molecular complexity index is 775. The normalized spacial score (nSPS) is 17.8.